The van der Waals surface area contributed by atoms with E-state index in [2.05, 4.69) is 53.4 Å². The number of aryl methyl sites for hydroxylation is 2. The lowest BCUT2D eigenvalue weighted by atomic mass is 9.99. The third-order valence-electron chi connectivity index (χ3n) is 3.00. The standard InChI is InChI=1S/C15H19N3/c1-4-16-15(13-8-6-5-7-11(13)2)14-10-17-12(3)9-18-14/h5-10,15-16H,4H2,1-3H3. The molecule has 0 bridgehead atoms. The molecule has 3 heteroatoms. The summed E-state index contributed by atoms with van der Waals surface area (Å²) >= 11 is 0. The number of benzene rings is 1. The van der Waals surface area contributed by atoms with Crippen LogP contribution in [0.1, 0.15) is 35.5 Å². The number of aromatic nitrogens is 2. The Kier molecular flexibility index (Phi) is 4.05. The van der Waals surface area contributed by atoms with Crippen molar-refractivity contribution in [3.05, 3.63) is 59.2 Å². The minimum atomic E-state index is 0.115. The first kappa shape index (κ1) is 12.7. The molecule has 3 nitrogen and oxygen atoms in total. The molecule has 0 aliphatic carbocycles. The lowest BCUT2D eigenvalue weighted by Gasteiger charge is -2.19. The molecule has 1 atom stereocenters. The van der Waals surface area contributed by atoms with Gasteiger partial charge in [0.25, 0.3) is 0 Å². The molecule has 1 aromatic heterocycles. The summed E-state index contributed by atoms with van der Waals surface area (Å²) in [5.74, 6) is 0. The molecule has 0 saturated carbocycles. The van der Waals surface area contributed by atoms with E-state index in [0.717, 1.165) is 17.9 Å². The van der Waals surface area contributed by atoms with E-state index in [0.29, 0.717) is 0 Å². The summed E-state index contributed by atoms with van der Waals surface area (Å²) in [5.41, 5.74) is 4.44. The Balaban J connectivity index is 2.40. The molecule has 0 aliphatic heterocycles. The molecule has 0 amide bonds. The largest absolute Gasteiger partial charge is 0.305 e. The van der Waals surface area contributed by atoms with Crippen molar-refractivity contribution < 1.29 is 0 Å². The summed E-state index contributed by atoms with van der Waals surface area (Å²) in [4.78, 5) is 8.82. The maximum Gasteiger partial charge on any atom is 0.0801 e. The van der Waals surface area contributed by atoms with Crippen LogP contribution in [0.5, 0.6) is 0 Å². The number of hydrogen-bond donors (Lipinski definition) is 1. The molecule has 0 fully saturated rings. The van der Waals surface area contributed by atoms with Crippen molar-refractivity contribution in [1.29, 1.82) is 0 Å². The summed E-state index contributed by atoms with van der Waals surface area (Å²) < 4.78 is 0. The van der Waals surface area contributed by atoms with Crippen molar-refractivity contribution in [2.75, 3.05) is 6.54 Å². The van der Waals surface area contributed by atoms with Gasteiger partial charge in [-0.1, -0.05) is 31.2 Å². The van der Waals surface area contributed by atoms with Crippen molar-refractivity contribution in [3.8, 4) is 0 Å². The molecule has 1 aromatic carbocycles. The van der Waals surface area contributed by atoms with Crippen LogP contribution in [0.2, 0.25) is 0 Å². The Hall–Kier alpha value is -1.74. The summed E-state index contributed by atoms with van der Waals surface area (Å²) in [6.07, 6.45) is 3.67. The molecule has 0 saturated heterocycles. The van der Waals surface area contributed by atoms with Gasteiger partial charge in [-0.25, -0.2) is 0 Å². The first-order valence-corrected chi connectivity index (χ1v) is 6.29. The SMILES string of the molecule is CCNC(c1cnc(C)cn1)c1ccccc1C. The molecule has 0 spiro atoms. The second-order valence-corrected chi connectivity index (χ2v) is 4.43. The van der Waals surface area contributed by atoms with Crippen molar-refractivity contribution in [3.63, 3.8) is 0 Å². The van der Waals surface area contributed by atoms with Gasteiger partial charge in [0.05, 0.1) is 23.6 Å². The van der Waals surface area contributed by atoms with E-state index < -0.39 is 0 Å². The summed E-state index contributed by atoms with van der Waals surface area (Å²) in [6, 6.07) is 8.51. The molecule has 18 heavy (non-hydrogen) atoms. The van der Waals surface area contributed by atoms with Crippen LogP contribution in [0.3, 0.4) is 0 Å². The highest BCUT2D eigenvalue weighted by Crippen LogP contribution is 2.22. The van der Waals surface area contributed by atoms with E-state index in [1.165, 1.54) is 11.1 Å². The Bertz CT molecular complexity index is 505. The number of nitrogens with one attached hydrogen (secondary N) is 1. The average Bonchev–Trinajstić information content (AvgIpc) is 2.38. The van der Waals surface area contributed by atoms with Crippen LogP contribution in [0.4, 0.5) is 0 Å². The highest BCUT2D eigenvalue weighted by Gasteiger charge is 2.16. The fourth-order valence-corrected chi connectivity index (χ4v) is 2.04. The molecule has 0 radical (unpaired) electrons. The van der Waals surface area contributed by atoms with E-state index >= 15 is 0 Å². The Labute approximate surface area is 108 Å². The number of rotatable bonds is 4. The van der Waals surface area contributed by atoms with E-state index in [4.69, 9.17) is 0 Å². The molecule has 0 aliphatic rings. The molecule has 1 unspecified atom stereocenters. The quantitative estimate of drug-likeness (QED) is 0.894. The molecule has 94 valence electrons. The molecular formula is C15H19N3. The van der Waals surface area contributed by atoms with E-state index in [1.54, 1.807) is 0 Å². The van der Waals surface area contributed by atoms with Gasteiger partial charge in [0, 0.05) is 6.20 Å². The van der Waals surface area contributed by atoms with Crippen molar-refractivity contribution in [2.45, 2.75) is 26.8 Å². The number of nitrogens with zero attached hydrogens (tertiary/aromatic N) is 2. The third-order valence-corrected chi connectivity index (χ3v) is 3.00. The third kappa shape index (κ3) is 2.74. The van der Waals surface area contributed by atoms with Crippen LogP contribution >= 0.6 is 0 Å². The minimum Gasteiger partial charge on any atom is -0.305 e. The highest BCUT2D eigenvalue weighted by molar-refractivity contribution is 5.33. The van der Waals surface area contributed by atoms with Gasteiger partial charge in [-0.2, -0.15) is 0 Å². The Morgan fingerprint density at radius 1 is 1.11 bits per heavy atom. The van der Waals surface area contributed by atoms with E-state index in [9.17, 15) is 0 Å². The topological polar surface area (TPSA) is 37.8 Å². The van der Waals surface area contributed by atoms with Gasteiger partial charge in [0.15, 0.2) is 0 Å². The van der Waals surface area contributed by atoms with Crippen LogP contribution in [-0.4, -0.2) is 16.5 Å². The Morgan fingerprint density at radius 3 is 2.50 bits per heavy atom. The average molecular weight is 241 g/mol. The second-order valence-electron chi connectivity index (χ2n) is 4.43. The van der Waals surface area contributed by atoms with Gasteiger partial charge in [-0.3, -0.25) is 9.97 Å². The zero-order valence-electron chi connectivity index (χ0n) is 11.1. The fourth-order valence-electron chi connectivity index (χ4n) is 2.04. The summed E-state index contributed by atoms with van der Waals surface area (Å²) in [5, 5.41) is 3.47. The zero-order valence-corrected chi connectivity index (χ0v) is 11.1. The summed E-state index contributed by atoms with van der Waals surface area (Å²) in [6.45, 7) is 7.08. The van der Waals surface area contributed by atoms with Gasteiger partial charge in [-0.05, 0) is 31.5 Å². The number of hydrogen-bond acceptors (Lipinski definition) is 3. The lowest BCUT2D eigenvalue weighted by molar-refractivity contribution is 0.609. The predicted molar refractivity (Wildman–Crippen MR) is 73.5 cm³/mol. The van der Waals surface area contributed by atoms with Gasteiger partial charge in [0.2, 0.25) is 0 Å². The normalized spacial score (nSPS) is 12.4. The first-order chi connectivity index (χ1) is 8.72. The predicted octanol–water partition coefficient (Wildman–Crippen LogP) is 2.79. The van der Waals surface area contributed by atoms with Crippen LogP contribution in [0.25, 0.3) is 0 Å². The minimum absolute atomic E-state index is 0.115. The maximum atomic E-state index is 4.49. The van der Waals surface area contributed by atoms with Crippen molar-refractivity contribution >= 4 is 0 Å². The molecular weight excluding hydrogens is 222 g/mol. The van der Waals surface area contributed by atoms with Gasteiger partial charge in [0.1, 0.15) is 0 Å². The molecule has 1 heterocycles. The monoisotopic (exact) mass is 241 g/mol. The second kappa shape index (κ2) is 5.74. The first-order valence-electron chi connectivity index (χ1n) is 6.29. The highest BCUT2D eigenvalue weighted by atomic mass is 14.9. The van der Waals surface area contributed by atoms with Gasteiger partial charge < -0.3 is 5.32 Å². The maximum absolute atomic E-state index is 4.49. The summed E-state index contributed by atoms with van der Waals surface area (Å²) in [7, 11) is 0. The van der Waals surface area contributed by atoms with Crippen LogP contribution in [0, 0.1) is 13.8 Å². The fraction of sp³-hybridized carbons (Fsp3) is 0.333. The molecule has 2 aromatic rings. The van der Waals surface area contributed by atoms with Gasteiger partial charge >= 0.3 is 0 Å². The van der Waals surface area contributed by atoms with Crippen LogP contribution in [0.15, 0.2) is 36.7 Å². The van der Waals surface area contributed by atoms with Gasteiger partial charge in [-0.15, -0.1) is 0 Å². The molecule has 2 rings (SSSR count). The molecule has 1 N–H and O–H groups in total. The lowest BCUT2D eigenvalue weighted by Crippen LogP contribution is -2.23. The zero-order chi connectivity index (χ0) is 13.0. The van der Waals surface area contributed by atoms with E-state index in [1.807, 2.05) is 19.3 Å². The van der Waals surface area contributed by atoms with Crippen molar-refractivity contribution in [2.24, 2.45) is 0 Å². The van der Waals surface area contributed by atoms with Crippen LogP contribution < -0.4 is 5.32 Å². The van der Waals surface area contributed by atoms with Crippen LogP contribution in [-0.2, 0) is 0 Å². The van der Waals surface area contributed by atoms with Crippen molar-refractivity contribution in [1.82, 2.24) is 15.3 Å². The Morgan fingerprint density at radius 2 is 1.89 bits per heavy atom. The smallest absolute Gasteiger partial charge is 0.0801 e. The van der Waals surface area contributed by atoms with E-state index in [-0.39, 0.29) is 6.04 Å².